The summed E-state index contributed by atoms with van der Waals surface area (Å²) in [5, 5.41) is 9.25. The standard InChI is InChI=1S/C20H15BrN2O/c21-17-10-11-18-22-19(15-8-6-14(13-24)7-9-15)20(23(18)12-17)16-4-2-1-3-5-16/h1-12,24H,13H2. The molecule has 0 aliphatic heterocycles. The fraction of sp³-hybridized carbons (Fsp3) is 0.0500. The average Bonchev–Trinajstić information content (AvgIpc) is 3.01. The Balaban J connectivity index is 2.00. The lowest BCUT2D eigenvalue weighted by Crippen LogP contribution is -1.90. The van der Waals surface area contributed by atoms with Crippen LogP contribution in [0, 0.1) is 0 Å². The summed E-state index contributed by atoms with van der Waals surface area (Å²) in [6.07, 6.45) is 2.04. The Morgan fingerprint density at radius 1 is 0.875 bits per heavy atom. The van der Waals surface area contributed by atoms with Gasteiger partial charge < -0.3 is 5.11 Å². The van der Waals surface area contributed by atoms with Gasteiger partial charge in [0.05, 0.1) is 18.0 Å². The molecule has 0 aliphatic carbocycles. The minimum Gasteiger partial charge on any atom is -0.392 e. The Morgan fingerprint density at radius 2 is 1.62 bits per heavy atom. The van der Waals surface area contributed by atoms with Gasteiger partial charge in [-0.2, -0.15) is 0 Å². The van der Waals surface area contributed by atoms with Crippen molar-refractivity contribution in [2.75, 3.05) is 0 Å². The first-order valence-corrected chi connectivity index (χ1v) is 8.49. The van der Waals surface area contributed by atoms with E-state index in [-0.39, 0.29) is 6.61 Å². The molecular weight excluding hydrogens is 364 g/mol. The lowest BCUT2D eigenvalue weighted by atomic mass is 10.0. The lowest BCUT2D eigenvalue weighted by Gasteiger charge is -2.06. The topological polar surface area (TPSA) is 37.5 Å². The Kier molecular flexibility index (Phi) is 3.92. The zero-order chi connectivity index (χ0) is 16.5. The number of benzene rings is 2. The van der Waals surface area contributed by atoms with Gasteiger partial charge in [-0.3, -0.25) is 4.40 Å². The molecule has 0 spiro atoms. The molecule has 0 amide bonds. The maximum atomic E-state index is 9.25. The van der Waals surface area contributed by atoms with Crippen LogP contribution >= 0.6 is 15.9 Å². The fourth-order valence-electron chi connectivity index (χ4n) is 2.86. The van der Waals surface area contributed by atoms with Crippen LogP contribution in [0.15, 0.2) is 77.4 Å². The van der Waals surface area contributed by atoms with Gasteiger partial charge >= 0.3 is 0 Å². The number of nitrogens with zero attached hydrogens (tertiary/aromatic N) is 2. The number of aliphatic hydroxyl groups excluding tert-OH is 1. The molecule has 2 heterocycles. The number of aromatic nitrogens is 2. The number of rotatable bonds is 3. The molecule has 24 heavy (non-hydrogen) atoms. The highest BCUT2D eigenvalue weighted by atomic mass is 79.9. The summed E-state index contributed by atoms with van der Waals surface area (Å²) < 4.78 is 3.11. The normalized spacial score (nSPS) is 11.1. The van der Waals surface area contributed by atoms with Crippen molar-refractivity contribution < 1.29 is 5.11 Å². The third kappa shape index (κ3) is 2.64. The highest BCUT2D eigenvalue weighted by Gasteiger charge is 2.15. The third-order valence-corrected chi connectivity index (χ3v) is 4.51. The largest absolute Gasteiger partial charge is 0.392 e. The minimum absolute atomic E-state index is 0.0456. The van der Waals surface area contributed by atoms with Crippen LogP contribution in [-0.2, 0) is 6.61 Å². The van der Waals surface area contributed by atoms with Gasteiger partial charge in [0.15, 0.2) is 0 Å². The molecule has 0 fully saturated rings. The zero-order valence-corrected chi connectivity index (χ0v) is 14.4. The van der Waals surface area contributed by atoms with Crippen molar-refractivity contribution in [1.82, 2.24) is 9.38 Å². The van der Waals surface area contributed by atoms with Gasteiger partial charge in [0.2, 0.25) is 0 Å². The Labute approximate surface area is 148 Å². The van der Waals surface area contributed by atoms with Crippen LogP contribution in [0.1, 0.15) is 5.56 Å². The highest BCUT2D eigenvalue weighted by molar-refractivity contribution is 9.10. The van der Waals surface area contributed by atoms with E-state index >= 15 is 0 Å². The number of imidazole rings is 1. The molecule has 4 rings (SSSR count). The monoisotopic (exact) mass is 378 g/mol. The predicted octanol–water partition coefficient (Wildman–Crippen LogP) is 4.92. The molecule has 2 aromatic heterocycles. The number of fused-ring (bicyclic) bond motifs is 1. The zero-order valence-electron chi connectivity index (χ0n) is 12.9. The van der Waals surface area contributed by atoms with Gasteiger partial charge in [-0.1, -0.05) is 54.6 Å². The molecule has 4 heteroatoms. The van der Waals surface area contributed by atoms with Gasteiger partial charge in [0, 0.05) is 21.8 Å². The maximum Gasteiger partial charge on any atom is 0.138 e. The van der Waals surface area contributed by atoms with E-state index in [9.17, 15) is 5.11 Å². The van der Waals surface area contributed by atoms with Crippen LogP contribution in [0.5, 0.6) is 0 Å². The minimum atomic E-state index is 0.0456. The second-order valence-electron chi connectivity index (χ2n) is 5.61. The van der Waals surface area contributed by atoms with Crippen LogP contribution in [-0.4, -0.2) is 14.5 Å². The molecule has 2 aromatic carbocycles. The predicted molar refractivity (Wildman–Crippen MR) is 99.7 cm³/mol. The first kappa shape index (κ1) is 15.1. The number of hydrogen-bond acceptors (Lipinski definition) is 2. The summed E-state index contributed by atoms with van der Waals surface area (Å²) in [6.45, 7) is 0.0456. The van der Waals surface area contributed by atoms with Gasteiger partial charge in [-0.15, -0.1) is 0 Å². The van der Waals surface area contributed by atoms with Crippen molar-refractivity contribution in [2.24, 2.45) is 0 Å². The van der Waals surface area contributed by atoms with Gasteiger partial charge in [-0.25, -0.2) is 4.98 Å². The summed E-state index contributed by atoms with van der Waals surface area (Å²) in [7, 11) is 0. The highest BCUT2D eigenvalue weighted by Crippen LogP contribution is 2.33. The number of pyridine rings is 1. The molecule has 0 radical (unpaired) electrons. The van der Waals surface area contributed by atoms with Crippen molar-refractivity contribution in [1.29, 1.82) is 0 Å². The van der Waals surface area contributed by atoms with Crippen molar-refractivity contribution in [2.45, 2.75) is 6.61 Å². The van der Waals surface area contributed by atoms with E-state index in [1.54, 1.807) is 0 Å². The molecule has 1 N–H and O–H groups in total. The Bertz CT molecular complexity index is 992. The molecule has 0 unspecified atom stereocenters. The molecule has 0 bridgehead atoms. The van der Waals surface area contributed by atoms with Crippen molar-refractivity contribution >= 4 is 21.6 Å². The summed E-state index contributed by atoms with van der Waals surface area (Å²) in [6, 6.07) is 22.1. The van der Waals surface area contributed by atoms with Crippen LogP contribution < -0.4 is 0 Å². The SMILES string of the molecule is OCc1ccc(-c2nc3ccc(Br)cn3c2-c2ccccc2)cc1. The second-order valence-corrected chi connectivity index (χ2v) is 6.52. The first-order valence-electron chi connectivity index (χ1n) is 7.69. The molecule has 3 nitrogen and oxygen atoms in total. The maximum absolute atomic E-state index is 9.25. The molecule has 0 aliphatic rings. The van der Waals surface area contributed by atoms with E-state index in [2.05, 4.69) is 32.5 Å². The van der Waals surface area contributed by atoms with E-state index in [1.807, 2.05) is 60.8 Å². The van der Waals surface area contributed by atoms with Crippen molar-refractivity contribution in [3.8, 4) is 22.5 Å². The molecule has 118 valence electrons. The van der Waals surface area contributed by atoms with E-state index in [0.29, 0.717) is 0 Å². The average molecular weight is 379 g/mol. The van der Waals surface area contributed by atoms with E-state index in [4.69, 9.17) is 4.98 Å². The van der Waals surface area contributed by atoms with Crippen LogP contribution in [0.3, 0.4) is 0 Å². The van der Waals surface area contributed by atoms with Gasteiger partial charge in [0.1, 0.15) is 5.65 Å². The summed E-state index contributed by atoms with van der Waals surface area (Å²) in [4.78, 5) is 4.84. The van der Waals surface area contributed by atoms with E-state index in [0.717, 1.165) is 38.2 Å². The van der Waals surface area contributed by atoms with Crippen LogP contribution in [0.2, 0.25) is 0 Å². The molecule has 0 atom stereocenters. The van der Waals surface area contributed by atoms with E-state index in [1.165, 1.54) is 0 Å². The van der Waals surface area contributed by atoms with Crippen molar-refractivity contribution in [3.05, 3.63) is 83.0 Å². The summed E-state index contributed by atoms with van der Waals surface area (Å²) in [5.74, 6) is 0. The van der Waals surface area contributed by atoms with Crippen molar-refractivity contribution in [3.63, 3.8) is 0 Å². The quantitative estimate of drug-likeness (QED) is 0.549. The molecule has 4 aromatic rings. The van der Waals surface area contributed by atoms with E-state index < -0.39 is 0 Å². The fourth-order valence-corrected chi connectivity index (χ4v) is 3.20. The van der Waals surface area contributed by atoms with Crippen LogP contribution in [0.25, 0.3) is 28.2 Å². The number of aliphatic hydroxyl groups is 1. The Morgan fingerprint density at radius 3 is 2.33 bits per heavy atom. The summed E-state index contributed by atoms with van der Waals surface area (Å²) >= 11 is 3.55. The number of hydrogen-bond donors (Lipinski definition) is 1. The smallest absolute Gasteiger partial charge is 0.138 e. The van der Waals surface area contributed by atoms with Gasteiger partial charge in [0.25, 0.3) is 0 Å². The Hall–Kier alpha value is -2.43. The first-order chi connectivity index (χ1) is 11.8. The number of halogens is 1. The molecule has 0 saturated heterocycles. The van der Waals surface area contributed by atoms with Crippen LogP contribution in [0.4, 0.5) is 0 Å². The third-order valence-electron chi connectivity index (χ3n) is 4.04. The molecule has 0 saturated carbocycles. The lowest BCUT2D eigenvalue weighted by molar-refractivity contribution is 0.282. The molecular formula is C20H15BrN2O. The summed E-state index contributed by atoms with van der Waals surface area (Å²) in [5.41, 5.74) is 5.94. The van der Waals surface area contributed by atoms with Gasteiger partial charge in [-0.05, 0) is 33.6 Å². The second kappa shape index (κ2) is 6.23.